The van der Waals surface area contributed by atoms with Crippen LogP contribution in [0.5, 0.6) is 0 Å². The second kappa shape index (κ2) is 6.18. The predicted octanol–water partition coefficient (Wildman–Crippen LogP) is 3.56. The molecule has 0 radical (unpaired) electrons. The summed E-state index contributed by atoms with van der Waals surface area (Å²) in [7, 11) is 0. The number of halogens is 1. The zero-order chi connectivity index (χ0) is 15.7. The van der Waals surface area contributed by atoms with Gasteiger partial charge >= 0.3 is 0 Å². The van der Waals surface area contributed by atoms with Crippen LogP contribution in [0.15, 0.2) is 35.1 Å². The van der Waals surface area contributed by atoms with Gasteiger partial charge < -0.3 is 5.11 Å². The third-order valence-electron chi connectivity index (χ3n) is 3.90. The lowest BCUT2D eigenvalue weighted by Crippen LogP contribution is -2.07. The van der Waals surface area contributed by atoms with E-state index in [1.54, 1.807) is 6.20 Å². The number of aromatic nitrogens is 3. The van der Waals surface area contributed by atoms with Gasteiger partial charge in [0.25, 0.3) is 0 Å². The standard InChI is InChI=1S/C17H18BrN3O/c1-3-14-4-5-16-17(12-8-13(18)10-19-9-12)15(6-7-22)11(2)20-21(14)16/h4-5,8-10,22H,3,6-7H2,1-2H3. The maximum absolute atomic E-state index is 9.43. The predicted molar refractivity (Wildman–Crippen MR) is 91.0 cm³/mol. The van der Waals surface area contributed by atoms with Gasteiger partial charge in [0.05, 0.1) is 11.2 Å². The van der Waals surface area contributed by atoms with Gasteiger partial charge in [0.15, 0.2) is 0 Å². The average molecular weight is 360 g/mol. The highest BCUT2D eigenvalue weighted by molar-refractivity contribution is 9.10. The number of hydrogen-bond donors (Lipinski definition) is 1. The molecule has 22 heavy (non-hydrogen) atoms. The number of fused-ring (bicyclic) bond motifs is 1. The molecule has 0 saturated heterocycles. The van der Waals surface area contributed by atoms with Gasteiger partial charge in [-0.05, 0) is 59.5 Å². The van der Waals surface area contributed by atoms with E-state index in [4.69, 9.17) is 5.10 Å². The largest absolute Gasteiger partial charge is 0.396 e. The molecule has 0 aliphatic rings. The first-order chi connectivity index (χ1) is 10.7. The van der Waals surface area contributed by atoms with E-state index < -0.39 is 0 Å². The van der Waals surface area contributed by atoms with Gasteiger partial charge in [0.2, 0.25) is 0 Å². The van der Waals surface area contributed by atoms with Crippen LogP contribution in [0.1, 0.15) is 23.9 Å². The molecule has 1 N–H and O–H groups in total. The van der Waals surface area contributed by atoms with Gasteiger partial charge in [-0.3, -0.25) is 4.98 Å². The van der Waals surface area contributed by atoms with Crippen LogP contribution in [0.25, 0.3) is 16.6 Å². The molecule has 0 amide bonds. The lowest BCUT2D eigenvalue weighted by Gasteiger charge is -2.15. The number of aryl methyl sites for hydroxylation is 2. The van der Waals surface area contributed by atoms with E-state index in [-0.39, 0.29) is 6.61 Å². The van der Waals surface area contributed by atoms with E-state index in [0.717, 1.165) is 38.8 Å². The Morgan fingerprint density at radius 2 is 2.09 bits per heavy atom. The fraction of sp³-hybridized carbons (Fsp3) is 0.294. The van der Waals surface area contributed by atoms with E-state index in [2.05, 4.69) is 46.0 Å². The molecule has 3 rings (SSSR count). The van der Waals surface area contributed by atoms with E-state index >= 15 is 0 Å². The van der Waals surface area contributed by atoms with E-state index in [1.807, 2.05) is 17.6 Å². The van der Waals surface area contributed by atoms with E-state index in [1.165, 1.54) is 5.69 Å². The number of nitrogens with zero attached hydrogens (tertiary/aromatic N) is 3. The maximum atomic E-state index is 9.43. The quantitative estimate of drug-likeness (QED) is 0.774. The first kappa shape index (κ1) is 15.2. The maximum Gasteiger partial charge on any atom is 0.0731 e. The van der Waals surface area contributed by atoms with Crippen molar-refractivity contribution in [1.29, 1.82) is 0 Å². The number of hydrogen-bond acceptors (Lipinski definition) is 3. The molecule has 114 valence electrons. The number of aliphatic hydroxyl groups is 1. The summed E-state index contributed by atoms with van der Waals surface area (Å²) in [5.74, 6) is 0. The molecule has 0 aromatic carbocycles. The molecule has 0 fully saturated rings. The van der Waals surface area contributed by atoms with Crippen LogP contribution in [0.4, 0.5) is 0 Å². The first-order valence-electron chi connectivity index (χ1n) is 7.37. The Hall–Kier alpha value is -1.72. The molecule has 5 heteroatoms. The second-order valence-corrected chi connectivity index (χ2v) is 6.20. The molecule has 0 bridgehead atoms. The van der Waals surface area contributed by atoms with Crippen molar-refractivity contribution in [2.75, 3.05) is 6.61 Å². The normalized spacial score (nSPS) is 11.3. The van der Waals surface area contributed by atoms with Gasteiger partial charge in [-0.2, -0.15) is 5.10 Å². The summed E-state index contributed by atoms with van der Waals surface area (Å²) in [5.41, 5.74) is 6.41. The van der Waals surface area contributed by atoms with Gasteiger partial charge in [0, 0.05) is 40.3 Å². The molecular formula is C17H18BrN3O. The molecule has 0 aliphatic carbocycles. The Morgan fingerprint density at radius 3 is 2.77 bits per heavy atom. The number of pyridine rings is 1. The third kappa shape index (κ3) is 2.55. The molecular weight excluding hydrogens is 342 g/mol. The van der Waals surface area contributed by atoms with Crippen molar-refractivity contribution in [2.45, 2.75) is 26.7 Å². The fourth-order valence-electron chi connectivity index (χ4n) is 2.88. The molecule has 3 heterocycles. The Labute approximate surface area is 138 Å². The average Bonchev–Trinajstić information content (AvgIpc) is 2.90. The minimum absolute atomic E-state index is 0.106. The molecule has 0 atom stereocenters. The second-order valence-electron chi connectivity index (χ2n) is 5.28. The molecule has 4 nitrogen and oxygen atoms in total. The highest BCUT2D eigenvalue weighted by Gasteiger charge is 2.16. The lowest BCUT2D eigenvalue weighted by molar-refractivity contribution is 0.299. The Balaban J connectivity index is 2.37. The van der Waals surface area contributed by atoms with Crippen molar-refractivity contribution in [3.8, 4) is 11.1 Å². The molecule has 0 unspecified atom stereocenters. The van der Waals surface area contributed by atoms with Crippen molar-refractivity contribution in [3.05, 3.63) is 52.0 Å². The Bertz CT molecular complexity index is 826. The van der Waals surface area contributed by atoms with Gasteiger partial charge in [-0.25, -0.2) is 4.52 Å². The van der Waals surface area contributed by atoms with Gasteiger partial charge in [-0.15, -0.1) is 0 Å². The summed E-state index contributed by atoms with van der Waals surface area (Å²) in [4.78, 5) is 4.29. The van der Waals surface area contributed by atoms with Crippen molar-refractivity contribution >= 4 is 21.4 Å². The van der Waals surface area contributed by atoms with Gasteiger partial charge in [-0.1, -0.05) is 6.92 Å². The van der Waals surface area contributed by atoms with Crippen LogP contribution in [0.2, 0.25) is 0 Å². The highest BCUT2D eigenvalue weighted by Crippen LogP contribution is 2.32. The minimum atomic E-state index is 0.106. The minimum Gasteiger partial charge on any atom is -0.396 e. The summed E-state index contributed by atoms with van der Waals surface area (Å²) < 4.78 is 2.95. The molecule has 0 spiro atoms. The van der Waals surface area contributed by atoms with E-state index in [9.17, 15) is 5.11 Å². The van der Waals surface area contributed by atoms with Crippen molar-refractivity contribution in [2.24, 2.45) is 0 Å². The lowest BCUT2D eigenvalue weighted by atomic mass is 9.98. The summed E-state index contributed by atoms with van der Waals surface area (Å²) in [6, 6.07) is 6.27. The van der Waals surface area contributed by atoms with Crippen molar-refractivity contribution < 1.29 is 5.11 Å². The smallest absolute Gasteiger partial charge is 0.0731 e. The van der Waals surface area contributed by atoms with Crippen LogP contribution in [0.3, 0.4) is 0 Å². The van der Waals surface area contributed by atoms with Crippen molar-refractivity contribution in [3.63, 3.8) is 0 Å². The summed E-state index contributed by atoms with van der Waals surface area (Å²) >= 11 is 3.49. The van der Waals surface area contributed by atoms with Crippen LogP contribution in [-0.4, -0.2) is 26.3 Å². The van der Waals surface area contributed by atoms with Crippen LogP contribution in [-0.2, 0) is 12.8 Å². The molecule has 3 aromatic heterocycles. The topological polar surface area (TPSA) is 50.4 Å². The monoisotopic (exact) mass is 359 g/mol. The zero-order valence-corrected chi connectivity index (χ0v) is 14.3. The van der Waals surface area contributed by atoms with Crippen LogP contribution in [0, 0.1) is 6.92 Å². The summed E-state index contributed by atoms with van der Waals surface area (Å²) in [5, 5.41) is 14.1. The Kier molecular flexibility index (Phi) is 4.27. The Morgan fingerprint density at radius 1 is 1.27 bits per heavy atom. The van der Waals surface area contributed by atoms with Crippen LogP contribution < -0.4 is 0 Å². The number of aliphatic hydroxyl groups excluding tert-OH is 1. The summed E-state index contributed by atoms with van der Waals surface area (Å²) in [6.07, 6.45) is 5.15. The van der Waals surface area contributed by atoms with E-state index in [0.29, 0.717) is 6.42 Å². The zero-order valence-electron chi connectivity index (χ0n) is 12.7. The first-order valence-corrected chi connectivity index (χ1v) is 8.17. The third-order valence-corrected chi connectivity index (χ3v) is 4.33. The highest BCUT2D eigenvalue weighted by atomic mass is 79.9. The summed E-state index contributed by atoms with van der Waals surface area (Å²) in [6.45, 7) is 4.23. The van der Waals surface area contributed by atoms with Gasteiger partial charge in [0.1, 0.15) is 0 Å². The fourth-order valence-corrected chi connectivity index (χ4v) is 3.25. The van der Waals surface area contributed by atoms with Crippen molar-refractivity contribution in [1.82, 2.24) is 14.6 Å². The molecule has 3 aromatic rings. The number of rotatable bonds is 4. The molecule has 0 aliphatic heterocycles. The molecule has 0 saturated carbocycles. The SMILES string of the molecule is CCc1ccc2c(-c3cncc(Br)c3)c(CCO)c(C)nn12. The van der Waals surface area contributed by atoms with Crippen LogP contribution >= 0.6 is 15.9 Å².